The van der Waals surface area contributed by atoms with Crippen molar-refractivity contribution in [2.24, 2.45) is 5.73 Å². The van der Waals surface area contributed by atoms with Crippen LogP contribution in [0.3, 0.4) is 0 Å². The topological polar surface area (TPSA) is 64.9 Å². The van der Waals surface area contributed by atoms with Crippen molar-refractivity contribution in [2.45, 2.75) is 18.8 Å². The predicted octanol–water partition coefficient (Wildman–Crippen LogP) is 0.456. The first-order valence-electron chi connectivity index (χ1n) is 4.84. The van der Waals surface area contributed by atoms with E-state index in [2.05, 4.69) is 0 Å². The van der Waals surface area contributed by atoms with Crippen molar-refractivity contribution in [2.75, 3.05) is 6.61 Å². The van der Waals surface area contributed by atoms with E-state index in [0.717, 1.165) is 5.56 Å². The summed E-state index contributed by atoms with van der Waals surface area (Å²) < 4.78 is 10.4. The molecular formula is C11H13NO3. The lowest BCUT2D eigenvalue weighted by molar-refractivity contribution is -0.119. The smallest absolute Gasteiger partial charge is 0.249 e. The van der Waals surface area contributed by atoms with Gasteiger partial charge in [0.05, 0.1) is 13.2 Å². The Morgan fingerprint density at radius 1 is 1.40 bits per heavy atom. The van der Waals surface area contributed by atoms with E-state index in [1.807, 2.05) is 30.3 Å². The Bertz CT molecular complexity index is 339. The zero-order valence-corrected chi connectivity index (χ0v) is 8.26. The van der Waals surface area contributed by atoms with Crippen molar-refractivity contribution in [1.29, 1.82) is 0 Å². The lowest BCUT2D eigenvalue weighted by Crippen LogP contribution is -2.21. The molecule has 1 aromatic rings. The molecule has 0 aliphatic carbocycles. The number of primary amides is 1. The molecule has 1 aromatic carbocycles. The molecule has 4 nitrogen and oxygen atoms in total. The van der Waals surface area contributed by atoms with E-state index < -0.39 is 12.0 Å². The fourth-order valence-electron chi connectivity index (χ4n) is 1.39. The number of amides is 1. The normalized spacial score (nSPS) is 23.7. The SMILES string of the molecule is NC(=O)C1OC1COCc1ccccc1. The maximum absolute atomic E-state index is 10.6. The van der Waals surface area contributed by atoms with Crippen molar-refractivity contribution < 1.29 is 14.3 Å². The van der Waals surface area contributed by atoms with Gasteiger partial charge in [0, 0.05) is 0 Å². The van der Waals surface area contributed by atoms with Crippen LogP contribution in [-0.2, 0) is 20.9 Å². The molecule has 4 heteroatoms. The van der Waals surface area contributed by atoms with E-state index in [0.29, 0.717) is 13.2 Å². The Kier molecular flexibility index (Phi) is 2.99. The highest BCUT2D eigenvalue weighted by Crippen LogP contribution is 2.21. The third kappa shape index (κ3) is 2.78. The molecule has 0 saturated carbocycles. The minimum atomic E-state index is -0.444. The van der Waals surface area contributed by atoms with Gasteiger partial charge in [-0.3, -0.25) is 4.79 Å². The van der Waals surface area contributed by atoms with Gasteiger partial charge in [-0.15, -0.1) is 0 Å². The summed E-state index contributed by atoms with van der Waals surface area (Å²) in [5, 5.41) is 0. The molecule has 1 aliphatic heterocycles. The molecule has 2 unspecified atom stereocenters. The number of ether oxygens (including phenoxy) is 2. The molecule has 15 heavy (non-hydrogen) atoms. The van der Waals surface area contributed by atoms with Crippen LogP contribution in [0.4, 0.5) is 0 Å². The number of benzene rings is 1. The second kappa shape index (κ2) is 4.42. The molecule has 1 saturated heterocycles. The molecule has 2 rings (SSSR count). The van der Waals surface area contributed by atoms with Crippen LogP contribution < -0.4 is 5.73 Å². The van der Waals surface area contributed by atoms with Crippen molar-refractivity contribution in [3.05, 3.63) is 35.9 Å². The second-order valence-electron chi connectivity index (χ2n) is 3.50. The number of hydrogen-bond donors (Lipinski definition) is 1. The highest BCUT2D eigenvalue weighted by atomic mass is 16.6. The van der Waals surface area contributed by atoms with E-state index in [-0.39, 0.29) is 6.10 Å². The monoisotopic (exact) mass is 207 g/mol. The maximum Gasteiger partial charge on any atom is 0.249 e. The maximum atomic E-state index is 10.6. The van der Waals surface area contributed by atoms with Crippen molar-refractivity contribution in [3.8, 4) is 0 Å². The van der Waals surface area contributed by atoms with Crippen molar-refractivity contribution >= 4 is 5.91 Å². The average molecular weight is 207 g/mol. The minimum Gasteiger partial charge on any atom is -0.374 e. The lowest BCUT2D eigenvalue weighted by atomic mass is 10.2. The number of epoxide rings is 1. The van der Waals surface area contributed by atoms with Crippen molar-refractivity contribution in [3.63, 3.8) is 0 Å². The molecule has 1 fully saturated rings. The Hall–Kier alpha value is -1.39. The third-order valence-electron chi connectivity index (χ3n) is 2.26. The van der Waals surface area contributed by atoms with Crippen molar-refractivity contribution in [1.82, 2.24) is 0 Å². The number of hydrogen-bond acceptors (Lipinski definition) is 3. The molecule has 1 amide bonds. The first-order valence-corrected chi connectivity index (χ1v) is 4.84. The van der Waals surface area contributed by atoms with Gasteiger partial charge in [-0.05, 0) is 5.56 Å². The number of nitrogens with two attached hydrogens (primary N) is 1. The fourth-order valence-corrected chi connectivity index (χ4v) is 1.39. The Balaban J connectivity index is 1.67. The summed E-state index contributed by atoms with van der Waals surface area (Å²) >= 11 is 0. The van der Waals surface area contributed by atoms with Crippen LogP contribution in [0.25, 0.3) is 0 Å². The fraction of sp³-hybridized carbons (Fsp3) is 0.364. The largest absolute Gasteiger partial charge is 0.374 e. The van der Waals surface area contributed by atoms with E-state index in [1.165, 1.54) is 0 Å². The molecule has 0 spiro atoms. The molecule has 2 atom stereocenters. The number of carbonyl (C=O) groups excluding carboxylic acids is 1. The molecular weight excluding hydrogens is 194 g/mol. The van der Waals surface area contributed by atoms with E-state index >= 15 is 0 Å². The zero-order chi connectivity index (χ0) is 10.7. The van der Waals surface area contributed by atoms with Crippen LogP contribution in [0.5, 0.6) is 0 Å². The van der Waals surface area contributed by atoms with E-state index in [9.17, 15) is 4.79 Å². The van der Waals surface area contributed by atoms with Crippen LogP contribution in [0.15, 0.2) is 30.3 Å². The summed E-state index contributed by atoms with van der Waals surface area (Å²) in [6.07, 6.45) is -0.591. The second-order valence-corrected chi connectivity index (χ2v) is 3.50. The van der Waals surface area contributed by atoms with Crippen LogP contribution in [0.2, 0.25) is 0 Å². The van der Waals surface area contributed by atoms with E-state index in [4.69, 9.17) is 15.2 Å². The number of carbonyl (C=O) groups is 1. The van der Waals surface area contributed by atoms with Gasteiger partial charge in [-0.2, -0.15) is 0 Å². The van der Waals surface area contributed by atoms with Gasteiger partial charge in [0.2, 0.25) is 5.91 Å². The molecule has 0 bridgehead atoms. The molecule has 1 heterocycles. The number of rotatable bonds is 5. The van der Waals surface area contributed by atoms with Crippen LogP contribution in [-0.4, -0.2) is 24.7 Å². The van der Waals surface area contributed by atoms with Gasteiger partial charge in [0.15, 0.2) is 6.10 Å². The van der Waals surface area contributed by atoms with Crippen LogP contribution in [0, 0.1) is 0 Å². The molecule has 0 radical (unpaired) electrons. The Morgan fingerprint density at radius 3 is 2.73 bits per heavy atom. The van der Waals surface area contributed by atoms with Gasteiger partial charge in [0.25, 0.3) is 0 Å². The molecule has 1 aliphatic rings. The average Bonchev–Trinajstić information content (AvgIpc) is 2.99. The summed E-state index contributed by atoms with van der Waals surface area (Å²) in [5.74, 6) is -0.414. The van der Waals surface area contributed by atoms with Gasteiger partial charge < -0.3 is 15.2 Å². The first kappa shape index (κ1) is 10.1. The summed E-state index contributed by atoms with van der Waals surface area (Å²) in [4.78, 5) is 10.6. The van der Waals surface area contributed by atoms with Crippen LogP contribution >= 0.6 is 0 Å². The summed E-state index contributed by atoms with van der Waals surface area (Å²) in [6, 6.07) is 9.84. The third-order valence-corrected chi connectivity index (χ3v) is 2.26. The highest BCUT2D eigenvalue weighted by Gasteiger charge is 2.43. The Morgan fingerprint density at radius 2 is 2.13 bits per heavy atom. The Labute approximate surface area is 88.0 Å². The molecule has 0 aromatic heterocycles. The standard InChI is InChI=1S/C11H13NO3/c12-11(13)10-9(15-10)7-14-6-8-4-2-1-3-5-8/h1-5,9-10H,6-7H2,(H2,12,13). The molecule has 80 valence electrons. The summed E-state index contributed by atoms with van der Waals surface area (Å²) in [5.41, 5.74) is 6.16. The first-order chi connectivity index (χ1) is 7.27. The predicted molar refractivity (Wildman–Crippen MR) is 54.0 cm³/mol. The quantitative estimate of drug-likeness (QED) is 0.713. The summed E-state index contributed by atoms with van der Waals surface area (Å²) in [7, 11) is 0. The minimum absolute atomic E-state index is 0.147. The van der Waals surface area contributed by atoms with Gasteiger partial charge in [-0.1, -0.05) is 30.3 Å². The summed E-state index contributed by atoms with van der Waals surface area (Å²) in [6.45, 7) is 0.953. The lowest BCUT2D eigenvalue weighted by Gasteiger charge is -2.01. The van der Waals surface area contributed by atoms with E-state index in [1.54, 1.807) is 0 Å². The van der Waals surface area contributed by atoms with Gasteiger partial charge in [0.1, 0.15) is 6.10 Å². The van der Waals surface area contributed by atoms with Gasteiger partial charge in [-0.25, -0.2) is 0 Å². The van der Waals surface area contributed by atoms with Gasteiger partial charge >= 0.3 is 0 Å². The van der Waals surface area contributed by atoms with Crippen LogP contribution in [0.1, 0.15) is 5.56 Å². The zero-order valence-electron chi connectivity index (χ0n) is 8.26. The highest BCUT2D eigenvalue weighted by molar-refractivity contribution is 5.81. The molecule has 2 N–H and O–H groups in total.